The van der Waals surface area contributed by atoms with Crippen LogP contribution in [0.4, 0.5) is 4.39 Å². The van der Waals surface area contributed by atoms with Gasteiger partial charge in [0.25, 0.3) is 5.56 Å². The van der Waals surface area contributed by atoms with E-state index in [9.17, 15) is 9.18 Å². The highest BCUT2D eigenvalue weighted by Gasteiger charge is 2.08. The van der Waals surface area contributed by atoms with Crippen molar-refractivity contribution in [1.82, 2.24) is 4.57 Å². The minimum absolute atomic E-state index is 0.373. The molecule has 0 amide bonds. The summed E-state index contributed by atoms with van der Waals surface area (Å²) >= 11 is 0. The summed E-state index contributed by atoms with van der Waals surface area (Å²) < 4.78 is 15.2. The lowest BCUT2D eigenvalue weighted by Gasteiger charge is -2.10. The van der Waals surface area contributed by atoms with Crippen LogP contribution in [0.2, 0.25) is 0 Å². The van der Waals surface area contributed by atoms with Crippen molar-refractivity contribution in [2.45, 2.75) is 6.54 Å². The van der Waals surface area contributed by atoms with Crippen LogP contribution in [0.15, 0.2) is 65.5 Å². The van der Waals surface area contributed by atoms with E-state index in [1.165, 1.54) is 10.6 Å². The standard InChI is InChI=1S/C16H12FNO/c17-14-10-13-8-4-5-9-15(13)18(16(14)19)11-12-6-2-1-3-7-12/h1-10H,11H2. The highest BCUT2D eigenvalue weighted by molar-refractivity contribution is 5.78. The summed E-state index contributed by atoms with van der Waals surface area (Å²) in [5, 5.41) is 0.732. The van der Waals surface area contributed by atoms with Gasteiger partial charge in [-0.25, -0.2) is 4.39 Å². The number of pyridine rings is 1. The lowest BCUT2D eigenvalue weighted by molar-refractivity contribution is 0.589. The van der Waals surface area contributed by atoms with E-state index >= 15 is 0 Å². The molecule has 19 heavy (non-hydrogen) atoms. The quantitative estimate of drug-likeness (QED) is 0.687. The van der Waals surface area contributed by atoms with Gasteiger partial charge in [0.05, 0.1) is 12.1 Å². The highest BCUT2D eigenvalue weighted by Crippen LogP contribution is 2.14. The monoisotopic (exact) mass is 253 g/mol. The summed E-state index contributed by atoms with van der Waals surface area (Å²) in [4.78, 5) is 12.0. The van der Waals surface area contributed by atoms with Gasteiger partial charge in [0.15, 0.2) is 5.82 Å². The minimum Gasteiger partial charge on any atom is -0.301 e. The molecule has 0 saturated heterocycles. The maximum atomic E-state index is 13.7. The van der Waals surface area contributed by atoms with Crippen molar-refractivity contribution in [2.75, 3.05) is 0 Å². The van der Waals surface area contributed by atoms with Crippen molar-refractivity contribution in [3.8, 4) is 0 Å². The van der Waals surface area contributed by atoms with E-state index in [0.29, 0.717) is 6.54 Å². The van der Waals surface area contributed by atoms with Crippen LogP contribution in [0.3, 0.4) is 0 Å². The number of aromatic nitrogens is 1. The maximum Gasteiger partial charge on any atom is 0.287 e. The number of benzene rings is 2. The van der Waals surface area contributed by atoms with E-state index in [4.69, 9.17) is 0 Å². The van der Waals surface area contributed by atoms with Gasteiger partial charge in [0.1, 0.15) is 0 Å². The molecule has 3 rings (SSSR count). The van der Waals surface area contributed by atoms with E-state index in [2.05, 4.69) is 0 Å². The Bertz CT molecular complexity index is 778. The third kappa shape index (κ3) is 2.15. The summed E-state index contributed by atoms with van der Waals surface area (Å²) in [7, 11) is 0. The summed E-state index contributed by atoms with van der Waals surface area (Å²) in [5.41, 5.74) is 1.14. The Morgan fingerprint density at radius 1 is 0.947 bits per heavy atom. The lowest BCUT2D eigenvalue weighted by atomic mass is 10.2. The summed E-state index contributed by atoms with van der Waals surface area (Å²) in [5.74, 6) is -0.713. The Morgan fingerprint density at radius 2 is 1.63 bits per heavy atom. The second-order valence-corrected chi connectivity index (χ2v) is 4.43. The number of hydrogen-bond acceptors (Lipinski definition) is 1. The molecule has 2 aromatic carbocycles. The van der Waals surface area contributed by atoms with Crippen molar-refractivity contribution < 1.29 is 4.39 Å². The van der Waals surface area contributed by atoms with Crippen LogP contribution in [0.5, 0.6) is 0 Å². The van der Waals surface area contributed by atoms with E-state index in [1.807, 2.05) is 48.5 Å². The zero-order valence-corrected chi connectivity index (χ0v) is 10.2. The molecule has 0 aliphatic carbocycles. The van der Waals surface area contributed by atoms with Crippen molar-refractivity contribution in [3.63, 3.8) is 0 Å². The molecule has 0 N–H and O–H groups in total. The number of rotatable bonds is 2. The molecule has 0 aliphatic rings. The van der Waals surface area contributed by atoms with Crippen LogP contribution in [-0.4, -0.2) is 4.57 Å². The third-order valence-electron chi connectivity index (χ3n) is 3.14. The van der Waals surface area contributed by atoms with Gasteiger partial charge in [0.2, 0.25) is 0 Å². The molecule has 94 valence electrons. The number of halogens is 1. The zero-order chi connectivity index (χ0) is 13.2. The van der Waals surface area contributed by atoms with Crippen LogP contribution >= 0.6 is 0 Å². The Morgan fingerprint density at radius 3 is 2.42 bits per heavy atom. The summed E-state index contributed by atoms with van der Waals surface area (Å²) in [6.45, 7) is 0.373. The fourth-order valence-electron chi connectivity index (χ4n) is 2.21. The van der Waals surface area contributed by atoms with Gasteiger partial charge in [-0.05, 0) is 17.7 Å². The maximum absolute atomic E-state index is 13.7. The van der Waals surface area contributed by atoms with Gasteiger partial charge in [0, 0.05) is 5.39 Å². The number of para-hydroxylation sites is 1. The molecule has 0 spiro atoms. The molecule has 1 heterocycles. The van der Waals surface area contributed by atoms with E-state index in [-0.39, 0.29) is 0 Å². The molecule has 0 bridgehead atoms. The van der Waals surface area contributed by atoms with Crippen molar-refractivity contribution >= 4 is 10.9 Å². The SMILES string of the molecule is O=c1c(F)cc2ccccc2n1Cc1ccccc1. The first-order chi connectivity index (χ1) is 9.25. The highest BCUT2D eigenvalue weighted by atomic mass is 19.1. The third-order valence-corrected chi connectivity index (χ3v) is 3.14. The molecular formula is C16H12FNO. The van der Waals surface area contributed by atoms with Crippen LogP contribution in [0.1, 0.15) is 5.56 Å². The first-order valence-electron chi connectivity index (χ1n) is 6.08. The molecule has 0 radical (unpaired) electrons. The number of nitrogens with zero attached hydrogens (tertiary/aromatic N) is 1. The van der Waals surface area contributed by atoms with E-state index in [1.54, 1.807) is 6.07 Å². The molecule has 0 atom stereocenters. The molecule has 0 aliphatic heterocycles. The Kier molecular flexibility index (Phi) is 2.88. The average Bonchev–Trinajstić information content (AvgIpc) is 2.45. The normalized spacial score (nSPS) is 10.8. The van der Waals surface area contributed by atoms with Gasteiger partial charge in [-0.1, -0.05) is 48.5 Å². The molecule has 1 aromatic heterocycles. The first kappa shape index (κ1) is 11.7. The second kappa shape index (κ2) is 4.69. The van der Waals surface area contributed by atoms with Crippen molar-refractivity contribution in [3.05, 3.63) is 82.4 Å². The van der Waals surface area contributed by atoms with Gasteiger partial charge >= 0.3 is 0 Å². The van der Waals surface area contributed by atoms with Crippen LogP contribution in [-0.2, 0) is 6.54 Å². The van der Waals surface area contributed by atoms with Crippen LogP contribution in [0.25, 0.3) is 10.9 Å². The molecular weight excluding hydrogens is 241 g/mol. The Labute approximate surface area is 109 Å². The predicted octanol–water partition coefficient (Wildman–Crippen LogP) is 3.19. The van der Waals surface area contributed by atoms with E-state index in [0.717, 1.165) is 16.5 Å². The fourth-order valence-corrected chi connectivity index (χ4v) is 2.21. The minimum atomic E-state index is -0.713. The van der Waals surface area contributed by atoms with Crippen LogP contribution < -0.4 is 5.56 Å². The van der Waals surface area contributed by atoms with Gasteiger partial charge in [-0.15, -0.1) is 0 Å². The first-order valence-corrected chi connectivity index (χ1v) is 6.08. The number of hydrogen-bond donors (Lipinski definition) is 0. The molecule has 0 fully saturated rings. The molecule has 3 heteroatoms. The van der Waals surface area contributed by atoms with E-state index < -0.39 is 11.4 Å². The van der Waals surface area contributed by atoms with Gasteiger partial charge in [-0.2, -0.15) is 0 Å². The molecule has 0 saturated carbocycles. The number of fused-ring (bicyclic) bond motifs is 1. The zero-order valence-electron chi connectivity index (χ0n) is 10.2. The average molecular weight is 253 g/mol. The molecule has 3 aromatic rings. The molecule has 0 unspecified atom stereocenters. The van der Waals surface area contributed by atoms with Crippen molar-refractivity contribution in [1.29, 1.82) is 0 Å². The lowest BCUT2D eigenvalue weighted by Crippen LogP contribution is -2.23. The van der Waals surface area contributed by atoms with Gasteiger partial charge in [-0.3, -0.25) is 4.79 Å². The topological polar surface area (TPSA) is 22.0 Å². The second-order valence-electron chi connectivity index (χ2n) is 4.43. The Balaban J connectivity index is 2.22. The summed E-state index contributed by atoms with van der Waals surface area (Å²) in [6.07, 6.45) is 0. The largest absolute Gasteiger partial charge is 0.301 e. The van der Waals surface area contributed by atoms with Gasteiger partial charge < -0.3 is 4.57 Å². The predicted molar refractivity (Wildman–Crippen MR) is 73.7 cm³/mol. The van der Waals surface area contributed by atoms with Crippen molar-refractivity contribution in [2.24, 2.45) is 0 Å². The fraction of sp³-hybridized carbons (Fsp3) is 0.0625. The molecule has 2 nitrogen and oxygen atoms in total. The Hall–Kier alpha value is -2.42. The van der Waals surface area contributed by atoms with Crippen LogP contribution in [0, 0.1) is 5.82 Å². The summed E-state index contributed by atoms with van der Waals surface area (Å²) in [6, 6.07) is 18.2. The smallest absolute Gasteiger partial charge is 0.287 e.